The quantitative estimate of drug-likeness (QED) is 0.693. The Morgan fingerprint density at radius 3 is 2.33 bits per heavy atom. The van der Waals surface area contributed by atoms with E-state index in [4.69, 9.17) is 0 Å². The zero-order valence-electron chi connectivity index (χ0n) is 12.0. The summed E-state index contributed by atoms with van der Waals surface area (Å²) in [5.41, 5.74) is 2.56. The van der Waals surface area contributed by atoms with Crippen LogP contribution in [0.5, 0.6) is 0 Å². The Morgan fingerprint density at radius 1 is 1.17 bits per heavy atom. The molecule has 0 radical (unpaired) electrons. The number of ketones is 1. The molecule has 0 unspecified atom stereocenters. The Hall–Kier alpha value is -1.37. The van der Waals surface area contributed by atoms with Gasteiger partial charge in [-0.15, -0.1) is 0 Å². The predicted molar refractivity (Wildman–Crippen MR) is 77.6 cm³/mol. The molecule has 18 heavy (non-hydrogen) atoms. The van der Waals surface area contributed by atoms with Crippen molar-refractivity contribution in [1.29, 1.82) is 0 Å². The Bertz CT molecular complexity index is 407. The lowest BCUT2D eigenvalue weighted by atomic mass is 9.86. The lowest BCUT2D eigenvalue weighted by Gasteiger charge is -2.19. The Balaban J connectivity index is 2.39. The predicted octanol–water partition coefficient (Wildman–Crippen LogP) is 4.57. The molecule has 0 heterocycles. The highest BCUT2D eigenvalue weighted by Crippen LogP contribution is 2.24. The highest BCUT2D eigenvalue weighted by molar-refractivity contribution is 5.90. The van der Waals surface area contributed by atoms with Crippen molar-refractivity contribution in [3.63, 3.8) is 0 Å². The van der Waals surface area contributed by atoms with Crippen LogP contribution >= 0.6 is 0 Å². The summed E-state index contributed by atoms with van der Waals surface area (Å²) < 4.78 is 0. The van der Waals surface area contributed by atoms with E-state index in [0.717, 1.165) is 18.4 Å². The number of rotatable bonds is 5. The maximum atomic E-state index is 11.8. The van der Waals surface area contributed by atoms with E-state index in [2.05, 4.69) is 32.9 Å². The standard InChI is InChI=1S/C17H24O/c1-14(17(2,3)4)13-16(18)12-8-11-15-9-6-5-7-10-15/h5-7,9-10,13H,8,11-12H2,1-4H3/b14-13+. The van der Waals surface area contributed by atoms with Gasteiger partial charge in [-0.3, -0.25) is 4.79 Å². The molecular weight excluding hydrogens is 220 g/mol. The first-order valence-corrected chi connectivity index (χ1v) is 6.65. The molecule has 0 fully saturated rings. The molecule has 0 spiro atoms. The van der Waals surface area contributed by atoms with Gasteiger partial charge < -0.3 is 0 Å². The number of carbonyl (C=O) groups excluding carboxylic acids is 1. The molecule has 0 aliphatic heterocycles. The second kappa shape index (κ2) is 6.53. The molecular formula is C17H24O. The van der Waals surface area contributed by atoms with Gasteiger partial charge in [0.2, 0.25) is 0 Å². The average molecular weight is 244 g/mol. The normalized spacial score (nSPS) is 12.6. The van der Waals surface area contributed by atoms with E-state index in [1.54, 1.807) is 0 Å². The fourth-order valence-electron chi connectivity index (χ4n) is 1.64. The second-order valence-electron chi connectivity index (χ2n) is 5.88. The number of allylic oxidation sites excluding steroid dienone is 2. The first-order valence-electron chi connectivity index (χ1n) is 6.65. The van der Waals surface area contributed by atoms with E-state index >= 15 is 0 Å². The fraction of sp³-hybridized carbons (Fsp3) is 0.471. The average Bonchev–Trinajstić information content (AvgIpc) is 2.29. The highest BCUT2D eigenvalue weighted by Gasteiger charge is 2.13. The zero-order chi connectivity index (χ0) is 13.6. The topological polar surface area (TPSA) is 17.1 Å². The number of benzene rings is 1. The van der Waals surface area contributed by atoms with Crippen molar-refractivity contribution in [2.45, 2.75) is 47.0 Å². The highest BCUT2D eigenvalue weighted by atomic mass is 16.1. The largest absolute Gasteiger partial charge is 0.295 e. The smallest absolute Gasteiger partial charge is 0.155 e. The SMILES string of the molecule is C/C(=C\C(=O)CCCc1ccccc1)C(C)(C)C. The molecule has 98 valence electrons. The number of hydrogen-bond donors (Lipinski definition) is 0. The van der Waals surface area contributed by atoms with Gasteiger partial charge in [0.05, 0.1) is 0 Å². The summed E-state index contributed by atoms with van der Waals surface area (Å²) in [4.78, 5) is 11.8. The maximum absolute atomic E-state index is 11.8. The van der Waals surface area contributed by atoms with Gasteiger partial charge in [-0.1, -0.05) is 56.7 Å². The third-order valence-electron chi connectivity index (χ3n) is 3.29. The van der Waals surface area contributed by atoms with Gasteiger partial charge >= 0.3 is 0 Å². The first kappa shape index (κ1) is 14.7. The van der Waals surface area contributed by atoms with E-state index in [9.17, 15) is 4.79 Å². The molecule has 1 heteroatoms. The van der Waals surface area contributed by atoms with E-state index < -0.39 is 0 Å². The Kier molecular flexibility index (Phi) is 5.33. The molecule has 0 N–H and O–H groups in total. The van der Waals surface area contributed by atoms with Crippen molar-refractivity contribution in [2.24, 2.45) is 5.41 Å². The van der Waals surface area contributed by atoms with Crippen LogP contribution in [0.15, 0.2) is 42.0 Å². The Morgan fingerprint density at radius 2 is 1.78 bits per heavy atom. The van der Waals surface area contributed by atoms with Gasteiger partial charge in [-0.2, -0.15) is 0 Å². The molecule has 0 aliphatic rings. The van der Waals surface area contributed by atoms with Gasteiger partial charge in [0.1, 0.15) is 0 Å². The van der Waals surface area contributed by atoms with Crippen LogP contribution in [-0.2, 0) is 11.2 Å². The van der Waals surface area contributed by atoms with Crippen molar-refractivity contribution in [2.75, 3.05) is 0 Å². The summed E-state index contributed by atoms with van der Waals surface area (Å²) in [7, 11) is 0. The molecule has 0 atom stereocenters. The van der Waals surface area contributed by atoms with Crippen molar-refractivity contribution in [1.82, 2.24) is 0 Å². The molecule has 0 aromatic heterocycles. The van der Waals surface area contributed by atoms with E-state index in [1.165, 1.54) is 5.56 Å². The number of hydrogen-bond acceptors (Lipinski definition) is 1. The fourth-order valence-corrected chi connectivity index (χ4v) is 1.64. The van der Waals surface area contributed by atoms with Gasteiger partial charge in [0.25, 0.3) is 0 Å². The third-order valence-corrected chi connectivity index (χ3v) is 3.29. The minimum absolute atomic E-state index is 0.0924. The van der Waals surface area contributed by atoms with Crippen LogP contribution in [0.1, 0.15) is 46.1 Å². The molecule has 1 nitrogen and oxygen atoms in total. The van der Waals surface area contributed by atoms with Crippen LogP contribution < -0.4 is 0 Å². The third kappa shape index (κ3) is 5.31. The van der Waals surface area contributed by atoms with Crippen molar-refractivity contribution in [3.05, 3.63) is 47.5 Å². The maximum Gasteiger partial charge on any atom is 0.155 e. The molecule has 1 aromatic rings. The molecule has 0 amide bonds. The molecule has 1 aromatic carbocycles. The van der Waals surface area contributed by atoms with E-state index in [0.29, 0.717) is 6.42 Å². The number of carbonyl (C=O) groups is 1. The molecule has 1 rings (SSSR count). The molecule has 0 saturated heterocycles. The minimum Gasteiger partial charge on any atom is -0.295 e. The van der Waals surface area contributed by atoms with Crippen LogP contribution in [0, 0.1) is 5.41 Å². The molecule has 0 aliphatic carbocycles. The van der Waals surface area contributed by atoms with E-state index in [1.807, 2.05) is 31.2 Å². The van der Waals surface area contributed by atoms with Crippen LogP contribution in [0.25, 0.3) is 0 Å². The summed E-state index contributed by atoms with van der Waals surface area (Å²) in [6, 6.07) is 10.3. The van der Waals surface area contributed by atoms with Gasteiger partial charge in [-0.25, -0.2) is 0 Å². The monoisotopic (exact) mass is 244 g/mol. The van der Waals surface area contributed by atoms with Crippen molar-refractivity contribution >= 4 is 5.78 Å². The minimum atomic E-state index is 0.0924. The summed E-state index contributed by atoms with van der Waals surface area (Å²) in [6.07, 6.45) is 4.36. The van der Waals surface area contributed by atoms with Gasteiger partial charge in [0.15, 0.2) is 5.78 Å². The second-order valence-corrected chi connectivity index (χ2v) is 5.88. The van der Waals surface area contributed by atoms with Crippen LogP contribution in [0.4, 0.5) is 0 Å². The van der Waals surface area contributed by atoms with Crippen LogP contribution in [0.3, 0.4) is 0 Å². The van der Waals surface area contributed by atoms with Crippen molar-refractivity contribution < 1.29 is 4.79 Å². The zero-order valence-corrected chi connectivity index (χ0v) is 12.0. The number of aryl methyl sites for hydroxylation is 1. The summed E-state index contributed by atoms with van der Waals surface area (Å²) in [5.74, 6) is 0.248. The lowest BCUT2D eigenvalue weighted by molar-refractivity contribution is -0.114. The van der Waals surface area contributed by atoms with Crippen LogP contribution in [0.2, 0.25) is 0 Å². The molecule has 0 bridgehead atoms. The van der Waals surface area contributed by atoms with Crippen molar-refractivity contribution in [3.8, 4) is 0 Å². The van der Waals surface area contributed by atoms with Gasteiger partial charge in [-0.05, 0) is 36.8 Å². The van der Waals surface area contributed by atoms with E-state index in [-0.39, 0.29) is 11.2 Å². The van der Waals surface area contributed by atoms with Crippen LogP contribution in [-0.4, -0.2) is 5.78 Å². The molecule has 0 saturated carbocycles. The Labute approximate surface area is 111 Å². The summed E-state index contributed by atoms with van der Waals surface area (Å²) >= 11 is 0. The van der Waals surface area contributed by atoms with Gasteiger partial charge in [0, 0.05) is 6.42 Å². The lowest BCUT2D eigenvalue weighted by Crippen LogP contribution is -2.08. The summed E-state index contributed by atoms with van der Waals surface area (Å²) in [5, 5.41) is 0. The summed E-state index contributed by atoms with van der Waals surface area (Å²) in [6.45, 7) is 8.44. The first-order chi connectivity index (χ1) is 8.39.